The van der Waals surface area contributed by atoms with Crippen LogP contribution in [-0.2, 0) is 0 Å². The van der Waals surface area contributed by atoms with Crippen molar-refractivity contribution in [3.8, 4) is 0 Å². The van der Waals surface area contributed by atoms with Crippen molar-refractivity contribution in [3.63, 3.8) is 0 Å². The lowest BCUT2D eigenvalue weighted by molar-refractivity contribution is 0.0678. The zero-order valence-corrected chi connectivity index (χ0v) is 11.3. The number of hydrogen-bond donors (Lipinski definition) is 2. The Morgan fingerprint density at radius 1 is 1.63 bits per heavy atom. The smallest absolute Gasteiger partial charge is 0.257 e. The SMILES string of the molecule is CCCNc1ncccc1C(=O)N1CCCC1CO. The minimum absolute atomic E-state index is 0.0315. The average Bonchev–Trinajstić information content (AvgIpc) is 2.93. The van der Waals surface area contributed by atoms with E-state index in [0.29, 0.717) is 17.9 Å². The number of carbonyl (C=O) groups excluding carboxylic acids is 1. The normalized spacial score (nSPS) is 18.6. The molecule has 2 N–H and O–H groups in total. The molecule has 1 unspecified atom stereocenters. The largest absolute Gasteiger partial charge is 0.394 e. The van der Waals surface area contributed by atoms with Crippen LogP contribution in [-0.4, -0.2) is 46.6 Å². The fraction of sp³-hybridized carbons (Fsp3) is 0.571. The highest BCUT2D eigenvalue weighted by atomic mass is 16.3. The van der Waals surface area contributed by atoms with Gasteiger partial charge in [0.25, 0.3) is 5.91 Å². The third kappa shape index (κ3) is 3.04. The van der Waals surface area contributed by atoms with Crippen LogP contribution in [0.25, 0.3) is 0 Å². The second-order valence-corrected chi connectivity index (χ2v) is 4.80. The summed E-state index contributed by atoms with van der Waals surface area (Å²) in [6, 6.07) is 3.51. The summed E-state index contributed by atoms with van der Waals surface area (Å²) in [6.45, 7) is 3.61. The first-order chi connectivity index (χ1) is 9.27. The van der Waals surface area contributed by atoms with Gasteiger partial charge in [-0.3, -0.25) is 4.79 Å². The van der Waals surface area contributed by atoms with E-state index in [1.807, 2.05) is 0 Å². The average molecular weight is 263 g/mol. The van der Waals surface area contributed by atoms with Crippen molar-refractivity contribution in [1.82, 2.24) is 9.88 Å². The second-order valence-electron chi connectivity index (χ2n) is 4.80. The summed E-state index contributed by atoms with van der Waals surface area (Å²) >= 11 is 0. The van der Waals surface area contributed by atoms with Crippen LogP contribution in [0.15, 0.2) is 18.3 Å². The molecule has 2 rings (SSSR count). The zero-order chi connectivity index (χ0) is 13.7. The predicted octanol–water partition coefficient (Wildman–Crippen LogP) is 1.50. The van der Waals surface area contributed by atoms with Gasteiger partial charge in [-0.05, 0) is 31.4 Å². The molecule has 0 bridgehead atoms. The molecule has 1 aliphatic rings. The van der Waals surface area contributed by atoms with Gasteiger partial charge in [0.2, 0.25) is 0 Å². The van der Waals surface area contributed by atoms with Gasteiger partial charge in [0.1, 0.15) is 5.82 Å². The van der Waals surface area contributed by atoms with Crippen LogP contribution in [0.1, 0.15) is 36.5 Å². The van der Waals surface area contributed by atoms with Gasteiger partial charge in [0.05, 0.1) is 18.2 Å². The number of rotatable bonds is 5. The number of aliphatic hydroxyl groups is 1. The summed E-state index contributed by atoms with van der Waals surface area (Å²) in [5, 5.41) is 12.5. The Hall–Kier alpha value is -1.62. The van der Waals surface area contributed by atoms with E-state index in [9.17, 15) is 9.90 Å². The minimum Gasteiger partial charge on any atom is -0.394 e. The summed E-state index contributed by atoms with van der Waals surface area (Å²) in [7, 11) is 0. The van der Waals surface area contributed by atoms with E-state index in [-0.39, 0.29) is 18.6 Å². The lowest BCUT2D eigenvalue weighted by Crippen LogP contribution is -2.38. The molecule has 0 aliphatic carbocycles. The Morgan fingerprint density at radius 3 is 3.21 bits per heavy atom. The number of carbonyl (C=O) groups is 1. The first-order valence-corrected chi connectivity index (χ1v) is 6.88. The first-order valence-electron chi connectivity index (χ1n) is 6.88. The molecule has 0 aromatic carbocycles. The molecule has 1 aromatic heterocycles. The number of aliphatic hydroxyl groups excluding tert-OH is 1. The molecule has 0 saturated carbocycles. The molecule has 5 nitrogen and oxygen atoms in total. The molecule has 2 heterocycles. The Balaban J connectivity index is 2.18. The van der Waals surface area contributed by atoms with Gasteiger partial charge in [-0.2, -0.15) is 0 Å². The van der Waals surface area contributed by atoms with Crippen LogP contribution >= 0.6 is 0 Å². The van der Waals surface area contributed by atoms with Crippen LogP contribution in [0.4, 0.5) is 5.82 Å². The summed E-state index contributed by atoms with van der Waals surface area (Å²) in [6.07, 6.45) is 4.49. The molecule has 19 heavy (non-hydrogen) atoms. The molecule has 1 fully saturated rings. The van der Waals surface area contributed by atoms with Gasteiger partial charge < -0.3 is 15.3 Å². The Kier molecular flexibility index (Phi) is 4.74. The summed E-state index contributed by atoms with van der Waals surface area (Å²) in [5.74, 6) is 0.598. The molecule has 1 atom stereocenters. The highest BCUT2D eigenvalue weighted by molar-refractivity contribution is 5.99. The van der Waals surface area contributed by atoms with Gasteiger partial charge in [-0.25, -0.2) is 4.98 Å². The lowest BCUT2D eigenvalue weighted by atomic mass is 10.2. The monoisotopic (exact) mass is 263 g/mol. The third-order valence-electron chi connectivity index (χ3n) is 3.43. The van der Waals surface area contributed by atoms with Gasteiger partial charge >= 0.3 is 0 Å². The van der Waals surface area contributed by atoms with Crippen molar-refractivity contribution >= 4 is 11.7 Å². The second kappa shape index (κ2) is 6.52. The number of nitrogens with zero attached hydrogens (tertiary/aromatic N) is 2. The van der Waals surface area contributed by atoms with E-state index in [0.717, 1.165) is 25.8 Å². The number of nitrogens with one attached hydrogen (secondary N) is 1. The van der Waals surface area contributed by atoms with E-state index >= 15 is 0 Å². The fourth-order valence-corrected chi connectivity index (χ4v) is 2.41. The molecule has 1 aliphatic heterocycles. The predicted molar refractivity (Wildman–Crippen MR) is 74.2 cm³/mol. The van der Waals surface area contributed by atoms with Gasteiger partial charge in [0, 0.05) is 19.3 Å². The highest BCUT2D eigenvalue weighted by Gasteiger charge is 2.30. The topological polar surface area (TPSA) is 65.5 Å². The number of likely N-dealkylation sites (tertiary alicyclic amines) is 1. The van der Waals surface area contributed by atoms with Crippen LogP contribution in [0.5, 0.6) is 0 Å². The molecular formula is C14H21N3O2. The standard InChI is InChI=1S/C14H21N3O2/c1-2-7-15-13-12(6-3-8-16-13)14(19)17-9-4-5-11(17)10-18/h3,6,8,11,18H,2,4-5,7,9-10H2,1H3,(H,15,16). The van der Waals surface area contributed by atoms with Crippen molar-refractivity contribution < 1.29 is 9.90 Å². The van der Waals surface area contributed by atoms with E-state index in [1.54, 1.807) is 23.2 Å². The fourth-order valence-electron chi connectivity index (χ4n) is 2.41. The minimum atomic E-state index is -0.0493. The lowest BCUT2D eigenvalue weighted by Gasteiger charge is -2.24. The highest BCUT2D eigenvalue weighted by Crippen LogP contribution is 2.22. The number of amides is 1. The summed E-state index contributed by atoms with van der Waals surface area (Å²) in [5.41, 5.74) is 0.594. The van der Waals surface area contributed by atoms with Crippen LogP contribution in [0.2, 0.25) is 0 Å². The number of aromatic nitrogens is 1. The first kappa shape index (κ1) is 13.8. The van der Waals surface area contributed by atoms with Gasteiger partial charge in [-0.1, -0.05) is 6.92 Å². The summed E-state index contributed by atoms with van der Waals surface area (Å²) < 4.78 is 0. The molecule has 1 aromatic rings. The van der Waals surface area contributed by atoms with Crippen molar-refractivity contribution in [1.29, 1.82) is 0 Å². The molecule has 0 spiro atoms. The van der Waals surface area contributed by atoms with Crippen LogP contribution in [0, 0.1) is 0 Å². The van der Waals surface area contributed by atoms with Gasteiger partial charge in [-0.15, -0.1) is 0 Å². The molecule has 1 amide bonds. The Labute approximate surface area is 113 Å². The van der Waals surface area contributed by atoms with E-state index in [1.165, 1.54) is 0 Å². The number of pyridine rings is 1. The quantitative estimate of drug-likeness (QED) is 0.845. The van der Waals surface area contributed by atoms with Crippen LogP contribution in [0.3, 0.4) is 0 Å². The van der Waals surface area contributed by atoms with Crippen molar-refractivity contribution in [2.75, 3.05) is 25.0 Å². The molecular weight excluding hydrogens is 242 g/mol. The zero-order valence-electron chi connectivity index (χ0n) is 11.3. The van der Waals surface area contributed by atoms with E-state index in [4.69, 9.17) is 0 Å². The number of hydrogen-bond acceptors (Lipinski definition) is 4. The van der Waals surface area contributed by atoms with Crippen molar-refractivity contribution in [2.45, 2.75) is 32.2 Å². The maximum absolute atomic E-state index is 12.5. The van der Waals surface area contributed by atoms with Crippen LogP contribution < -0.4 is 5.32 Å². The van der Waals surface area contributed by atoms with Gasteiger partial charge in [0.15, 0.2) is 0 Å². The molecule has 5 heteroatoms. The Bertz CT molecular complexity index is 436. The maximum atomic E-state index is 12.5. The summed E-state index contributed by atoms with van der Waals surface area (Å²) in [4.78, 5) is 18.5. The van der Waals surface area contributed by atoms with E-state index in [2.05, 4.69) is 17.2 Å². The maximum Gasteiger partial charge on any atom is 0.257 e. The van der Waals surface area contributed by atoms with Crippen molar-refractivity contribution in [3.05, 3.63) is 23.9 Å². The van der Waals surface area contributed by atoms with Crippen molar-refractivity contribution in [2.24, 2.45) is 0 Å². The molecule has 104 valence electrons. The van der Waals surface area contributed by atoms with E-state index < -0.39 is 0 Å². The molecule has 0 radical (unpaired) electrons. The number of anilines is 1. The Morgan fingerprint density at radius 2 is 2.47 bits per heavy atom. The molecule has 1 saturated heterocycles. The third-order valence-corrected chi connectivity index (χ3v) is 3.43.